The summed E-state index contributed by atoms with van der Waals surface area (Å²) in [6, 6.07) is 1.84. The second-order valence-corrected chi connectivity index (χ2v) is 7.20. The molecule has 2 aliphatic heterocycles. The summed E-state index contributed by atoms with van der Waals surface area (Å²) >= 11 is 0. The van der Waals surface area contributed by atoms with Crippen molar-refractivity contribution in [3.05, 3.63) is 17.5 Å². The molecule has 126 valence electrons. The SMILES string of the molecule is O=C(c1cc(C2CC2)on1)N1CCN(CCC2CCNCC2)C1. The van der Waals surface area contributed by atoms with Gasteiger partial charge in [0.1, 0.15) is 5.76 Å². The lowest BCUT2D eigenvalue weighted by atomic mass is 9.94. The third kappa shape index (κ3) is 3.58. The molecule has 3 aliphatic rings. The van der Waals surface area contributed by atoms with E-state index in [9.17, 15) is 4.79 Å². The summed E-state index contributed by atoms with van der Waals surface area (Å²) in [5, 5.41) is 7.39. The van der Waals surface area contributed by atoms with Crippen molar-refractivity contribution >= 4 is 5.91 Å². The molecular formula is C17H26N4O2. The lowest BCUT2D eigenvalue weighted by Crippen LogP contribution is -2.33. The predicted octanol–water partition coefficient (Wildman–Crippen LogP) is 1.66. The molecule has 3 fully saturated rings. The Bertz CT molecular complexity index is 549. The van der Waals surface area contributed by atoms with Crippen LogP contribution < -0.4 is 5.32 Å². The number of nitrogens with one attached hydrogen (secondary N) is 1. The normalized spacial score (nSPS) is 23.6. The highest BCUT2D eigenvalue weighted by Gasteiger charge is 2.31. The zero-order valence-corrected chi connectivity index (χ0v) is 13.7. The molecule has 1 aromatic heterocycles. The Hall–Kier alpha value is -1.40. The Labute approximate surface area is 137 Å². The molecule has 0 spiro atoms. The summed E-state index contributed by atoms with van der Waals surface area (Å²) in [6.45, 7) is 5.92. The van der Waals surface area contributed by atoms with Gasteiger partial charge in [-0.1, -0.05) is 5.16 Å². The molecule has 1 aromatic rings. The van der Waals surface area contributed by atoms with E-state index in [1.165, 1.54) is 19.3 Å². The van der Waals surface area contributed by atoms with Gasteiger partial charge < -0.3 is 14.7 Å². The van der Waals surface area contributed by atoms with E-state index >= 15 is 0 Å². The van der Waals surface area contributed by atoms with Crippen molar-refractivity contribution in [3.8, 4) is 0 Å². The molecule has 6 heteroatoms. The van der Waals surface area contributed by atoms with Gasteiger partial charge in [-0.25, -0.2) is 0 Å². The van der Waals surface area contributed by atoms with Gasteiger partial charge in [-0.15, -0.1) is 0 Å². The summed E-state index contributed by atoms with van der Waals surface area (Å²) in [7, 11) is 0. The molecule has 2 saturated heterocycles. The van der Waals surface area contributed by atoms with E-state index in [4.69, 9.17) is 4.52 Å². The molecule has 0 aromatic carbocycles. The highest BCUT2D eigenvalue weighted by molar-refractivity contribution is 5.92. The van der Waals surface area contributed by atoms with Crippen molar-refractivity contribution in [1.29, 1.82) is 0 Å². The third-order valence-corrected chi connectivity index (χ3v) is 5.38. The van der Waals surface area contributed by atoms with E-state index in [0.29, 0.717) is 11.6 Å². The van der Waals surface area contributed by atoms with E-state index in [1.807, 2.05) is 11.0 Å². The first-order valence-corrected chi connectivity index (χ1v) is 8.98. The van der Waals surface area contributed by atoms with Crippen LogP contribution in [0.3, 0.4) is 0 Å². The zero-order valence-electron chi connectivity index (χ0n) is 13.7. The van der Waals surface area contributed by atoms with Crippen molar-refractivity contribution in [2.24, 2.45) is 5.92 Å². The highest BCUT2D eigenvalue weighted by atomic mass is 16.5. The van der Waals surface area contributed by atoms with Crippen LogP contribution in [-0.4, -0.2) is 60.3 Å². The van der Waals surface area contributed by atoms with Crippen molar-refractivity contribution in [2.75, 3.05) is 39.4 Å². The maximum atomic E-state index is 12.5. The van der Waals surface area contributed by atoms with Crippen LogP contribution in [0.4, 0.5) is 0 Å². The van der Waals surface area contributed by atoms with Crippen molar-refractivity contribution < 1.29 is 9.32 Å². The van der Waals surface area contributed by atoms with E-state index in [0.717, 1.165) is 63.9 Å². The maximum Gasteiger partial charge on any atom is 0.277 e. The van der Waals surface area contributed by atoms with E-state index in [2.05, 4.69) is 15.4 Å². The minimum absolute atomic E-state index is 0.0185. The average Bonchev–Trinajstić information content (AvgIpc) is 3.14. The Balaban J connectivity index is 1.26. The Morgan fingerprint density at radius 1 is 1.26 bits per heavy atom. The average molecular weight is 318 g/mol. The number of hydrogen-bond acceptors (Lipinski definition) is 5. The molecule has 0 radical (unpaired) electrons. The first kappa shape index (κ1) is 15.1. The van der Waals surface area contributed by atoms with Gasteiger partial charge in [0.25, 0.3) is 5.91 Å². The first-order valence-electron chi connectivity index (χ1n) is 8.98. The summed E-state index contributed by atoms with van der Waals surface area (Å²) < 4.78 is 5.31. The largest absolute Gasteiger partial charge is 0.360 e. The lowest BCUT2D eigenvalue weighted by Gasteiger charge is -2.25. The number of carbonyl (C=O) groups is 1. The lowest BCUT2D eigenvalue weighted by molar-refractivity contribution is 0.0753. The first-order chi connectivity index (χ1) is 11.3. The van der Waals surface area contributed by atoms with Crippen LogP contribution in [-0.2, 0) is 0 Å². The number of amides is 1. The van der Waals surface area contributed by atoms with Crippen LogP contribution in [0.15, 0.2) is 10.6 Å². The molecule has 0 unspecified atom stereocenters. The Morgan fingerprint density at radius 2 is 2.09 bits per heavy atom. The summed E-state index contributed by atoms with van der Waals surface area (Å²) in [4.78, 5) is 16.8. The standard InChI is InChI=1S/C17H26N4O2/c22-17(15-11-16(23-19-15)14-1-2-14)21-10-9-20(12-21)8-5-13-3-6-18-7-4-13/h11,13-14,18H,1-10,12H2. The minimum Gasteiger partial charge on any atom is -0.360 e. The van der Waals surface area contributed by atoms with Gasteiger partial charge in [-0.05, 0) is 51.1 Å². The molecule has 1 saturated carbocycles. The van der Waals surface area contributed by atoms with E-state index in [-0.39, 0.29) is 5.91 Å². The summed E-state index contributed by atoms with van der Waals surface area (Å²) in [6.07, 6.45) is 6.16. The molecule has 1 aliphatic carbocycles. The molecule has 4 rings (SSSR count). The third-order valence-electron chi connectivity index (χ3n) is 5.38. The molecule has 1 amide bonds. The van der Waals surface area contributed by atoms with E-state index < -0.39 is 0 Å². The van der Waals surface area contributed by atoms with Crippen molar-refractivity contribution in [1.82, 2.24) is 20.3 Å². The number of piperidine rings is 1. The fourth-order valence-electron chi connectivity index (χ4n) is 3.64. The molecule has 0 bridgehead atoms. The minimum atomic E-state index is 0.0185. The highest BCUT2D eigenvalue weighted by Crippen LogP contribution is 2.40. The topological polar surface area (TPSA) is 61.6 Å². The van der Waals surface area contributed by atoms with Crippen LogP contribution in [0, 0.1) is 5.92 Å². The van der Waals surface area contributed by atoms with Gasteiger partial charge >= 0.3 is 0 Å². The van der Waals surface area contributed by atoms with Gasteiger partial charge in [0.2, 0.25) is 0 Å². The number of aromatic nitrogens is 1. The number of carbonyl (C=O) groups excluding carboxylic acids is 1. The van der Waals surface area contributed by atoms with Gasteiger partial charge in [-0.3, -0.25) is 9.69 Å². The van der Waals surface area contributed by atoms with Crippen molar-refractivity contribution in [2.45, 2.75) is 38.0 Å². The van der Waals surface area contributed by atoms with Gasteiger partial charge in [0.05, 0.1) is 6.67 Å². The smallest absolute Gasteiger partial charge is 0.277 e. The van der Waals surface area contributed by atoms with Crippen molar-refractivity contribution in [3.63, 3.8) is 0 Å². The number of rotatable bonds is 5. The second-order valence-electron chi connectivity index (χ2n) is 7.20. The summed E-state index contributed by atoms with van der Waals surface area (Å²) in [5.41, 5.74) is 0.479. The fourth-order valence-corrected chi connectivity index (χ4v) is 3.64. The Morgan fingerprint density at radius 3 is 2.87 bits per heavy atom. The van der Waals surface area contributed by atoms with Gasteiger partial charge in [-0.2, -0.15) is 0 Å². The molecular weight excluding hydrogens is 292 g/mol. The molecule has 3 heterocycles. The van der Waals surface area contributed by atoms with Crippen LogP contribution in [0.2, 0.25) is 0 Å². The summed E-state index contributed by atoms with van der Waals surface area (Å²) in [5.74, 6) is 2.25. The molecule has 1 N–H and O–H groups in total. The molecule has 23 heavy (non-hydrogen) atoms. The predicted molar refractivity (Wildman–Crippen MR) is 86.2 cm³/mol. The van der Waals surface area contributed by atoms with Gasteiger partial charge in [0.15, 0.2) is 5.69 Å². The van der Waals surface area contributed by atoms with Crippen LogP contribution >= 0.6 is 0 Å². The quantitative estimate of drug-likeness (QED) is 0.894. The number of hydrogen-bond donors (Lipinski definition) is 1. The zero-order chi connectivity index (χ0) is 15.6. The van der Waals surface area contributed by atoms with Crippen LogP contribution in [0.5, 0.6) is 0 Å². The fraction of sp³-hybridized carbons (Fsp3) is 0.765. The molecule has 6 nitrogen and oxygen atoms in total. The number of nitrogens with zero attached hydrogens (tertiary/aromatic N) is 3. The second kappa shape index (κ2) is 6.61. The van der Waals surface area contributed by atoms with Gasteiger partial charge in [0, 0.05) is 31.6 Å². The maximum absolute atomic E-state index is 12.5. The Kier molecular flexibility index (Phi) is 4.35. The monoisotopic (exact) mass is 318 g/mol. The van der Waals surface area contributed by atoms with Crippen LogP contribution in [0.1, 0.15) is 54.3 Å². The van der Waals surface area contributed by atoms with E-state index in [1.54, 1.807) is 0 Å². The van der Waals surface area contributed by atoms with Crippen LogP contribution in [0.25, 0.3) is 0 Å². The molecule has 0 atom stereocenters.